The molecule has 0 radical (unpaired) electrons. The molecule has 3 aromatic rings. The van der Waals surface area contributed by atoms with Gasteiger partial charge in [-0.2, -0.15) is 0 Å². The predicted octanol–water partition coefficient (Wildman–Crippen LogP) is 6.51. The van der Waals surface area contributed by atoms with Crippen molar-refractivity contribution in [1.29, 1.82) is 0 Å². The summed E-state index contributed by atoms with van der Waals surface area (Å²) in [7, 11) is -3.32. The largest absolute Gasteiger partial charge is 0.438 e. The average Bonchev–Trinajstić information content (AvgIpc) is 2.97. The Morgan fingerprint density at radius 2 is 1.80 bits per heavy atom. The number of pyridine rings is 1. The van der Waals surface area contributed by atoms with Crippen LogP contribution in [0.3, 0.4) is 0 Å². The Morgan fingerprint density at radius 3 is 2.35 bits per heavy atom. The van der Waals surface area contributed by atoms with Gasteiger partial charge in [0, 0.05) is 50.7 Å². The molecule has 3 N–H and O–H groups in total. The summed E-state index contributed by atoms with van der Waals surface area (Å²) in [5.74, 6) is -0.794. The Morgan fingerprint density at radius 1 is 1.15 bits per heavy atom. The van der Waals surface area contributed by atoms with Gasteiger partial charge in [-0.3, -0.25) is 9.69 Å². The number of likely N-dealkylation sites (tertiary alicyclic amines) is 1. The highest BCUT2D eigenvalue weighted by Crippen LogP contribution is 2.31. The Hall–Kier alpha value is -3.45. The number of anilines is 1. The SMILES string of the molecule is CCCCN(C(=O)Nc1cc(C(N)=O)c(F)cc1Cl)C1CCN(Cc2ccc(Oc3c(C)cc(S(C)(=O)=O)cc3C)nc2)CC1.Cl. The zero-order valence-corrected chi connectivity index (χ0v) is 28.7. The van der Waals surface area contributed by atoms with E-state index in [0.717, 1.165) is 50.4 Å². The van der Waals surface area contributed by atoms with Gasteiger partial charge in [-0.1, -0.05) is 31.0 Å². The topological polar surface area (TPSA) is 135 Å². The zero-order chi connectivity index (χ0) is 32.9. The third-order valence-corrected chi connectivity index (χ3v) is 9.25. The summed E-state index contributed by atoms with van der Waals surface area (Å²) >= 11 is 6.16. The molecule has 0 aliphatic carbocycles. The number of unbranched alkanes of at least 4 members (excludes halogenated alkanes) is 1. The number of hydrogen-bond acceptors (Lipinski definition) is 7. The van der Waals surface area contributed by atoms with Crippen molar-refractivity contribution in [3.63, 3.8) is 0 Å². The van der Waals surface area contributed by atoms with Crippen LogP contribution in [0.5, 0.6) is 11.6 Å². The van der Waals surface area contributed by atoms with Crippen LogP contribution in [-0.4, -0.2) is 67.1 Å². The lowest BCUT2D eigenvalue weighted by Gasteiger charge is -2.38. The molecular formula is C32H40Cl2FN5O5S. The lowest BCUT2D eigenvalue weighted by Crippen LogP contribution is -2.49. The van der Waals surface area contributed by atoms with Crippen molar-refractivity contribution in [3.05, 3.63) is 75.7 Å². The number of nitrogens with two attached hydrogens (primary N) is 1. The van der Waals surface area contributed by atoms with E-state index in [1.54, 1.807) is 43.1 Å². The molecule has 3 amide bonds. The van der Waals surface area contributed by atoms with Crippen molar-refractivity contribution in [2.45, 2.75) is 63.9 Å². The van der Waals surface area contributed by atoms with Gasteiger partial charge in [-0.25, -0.2) is 22.6 Å². The summed E-state index contributed by atoms with van der Waals surface area (Å²) in [6.07, 6.45) is 6.20. The number of aromatic nitrogens is 1. The molecular weight excluding hydrogens is 656 g/mol. The maximum atomic E-state index is 14.1. The number of hydrogen-bond donors (Lipinski definition) is 2. The van der Waals surface area contributed by atoms with E-state index < -0.39 is 21.6 Å². The first-order valence-corrected chi connectivity index (χ1v) is 17.1. The summed E-state index contributed by atoms with van der Waals surface area (Å²) in [5, 5.41) is 2.73. The van der Waals surface area contributed by atoms with Crippen molar-refractivity contribution in [2.24, 2.45) is 5.73 Å². The number of piperidine rings is 1. The fourth-order valence-corrected chi connectivity index (χ4v) is 6.38. The van der Waals surface area contributed by atoms with Crippen molar-refractivity contribution >= 4 is 51.5 Å². The number of aryl methyl sites for hydroxylation is 2. The van der Waals surface area contributed by atoms with Crippen LogP contribution in [0, 0.1) is 19.7 Å². The van der Waals surface area contributed by atoms with Gasteiger partial charge in [0.1, 0.15) is 11.6 Å². The van der Waals surface area contributed by atoms with Gasteiger partial charge in [0.25, 0.3) is 5.91 Å². The molecule has 0 saturated carbocycles. The molecule has 250 valence electrons. The third kappa shape index (κ3) is 9.31. The summed E-state index contributed by atoms with van der Waals surface area (Å²) < 4.78 is 44.0. The number of rotatable bonds is 11. The minimum absolute atomic E-state index is 0. The molecule has 0 spiro atoms. The molecule has 1 saturated heterocycles. The number of nitrogens with one attached hydrogen (secondary N) is 1. The van der Waals surface area contributed by atoms with E-state index in [2.05, 4.69) is 22.1 Å². The molecule has 46 heavy (non-hydrogen) atoms. The molecule has 14 heteroatoms. The summed E-state index contributed by atoms with van der Waals surface area (Å²) in [4.78, 5) is 33.8. The lowest BCUT2D eigenvalue weighted by atomic mass is 10.0. The van der Waals surface area contributed by atoms with Crippen molar-refractivity contribution < 1.29 is 27.1 Å². The number of primary amides is 1. The Bertz CT molecular complexity index is 1640. The Labute approximate surface area is 280 Å². The number of ether oxygens (including phenoxy) is 1. The maximum Gasteiger partial charge on any atom is 0.322 e. The van der Waals surface area contributed by atoms with Crippen LogP contribution in [-0.2, 0) is 16.4 Å². The molecule has 0 bridgehead atoms. The second-order valence-electron chi connectivity index (χ2n) is 11.4. The van der Waals surface area contributed by atoms with Crippen molar-refractivity contribution in [2.75, 3.05) is 31.2 Å². The number of nitrogens with zero attached hydrogens (tertiary/aromatic N) is 3. The first-order valence-electron chi connectivity index (χ1n) is 14.8. The fourth-order valence-electron chi connectivity index (χ4n) is 5.40. The van der Waals surface area contributed by atoms with Crippen LogP contribution < -0.4 is 15.8 Å². The van der Waals surface area contributed by atoms with E-state index in [1.807, 2.05) is 6.07 Å². The van der Waals surface area contributed by atoms with Gasteiger partial charge >= 0.3 is 6.03 Å². The second-order valence-corrected chi connectivity index (χ2v) is 13.8. The number of amides is 3. The van der Waals surface area contributed by atoms with Crippen LogP contribution in [0.25, 0.3) is 0 Å². The minimum atomic E-state index is -3.32. The van der Waals surface area contributed by atoms with E-state index in [4.69, 9.17) is 22.1 Å². The first-order chi connectivity index (χ1) is 21.3. The van der Waals surface area contributed by atoms with E-state index in [0.29, 0.717) is 35.8 Å². The van der Waals surface area contributed by atoms with E-state index in [1.165, 1.54) is 12.3 Å². The standard InChI is InChI=1S/C32H39ClFN5O5S.ClH/c1-5-6-11-39(32(41)37-28-16-25(31(35)40)27(34)17-26(28)33)23-9-12-38(13-10-23)19-22-7-8-29(36-18-22)44-30-20(2)14-24(15-21(30)3)45(4,42)43;/h7-8,14-18,23H,5-6,9-13,19H2,1-4H3,(H2,35,40)(H,37,41);1H. The highest BCUT2D eigenvalue weighted by atomic mass is 35.5. The highest BCUT2D eigenvalue weighted by molar-refractivity contribution is 7.90. The first kappa shape index (κ1) is 37.0. The van der Waals surface area contributed by atoms with E-state index in [9.17, 15) is 22.4 Å². The van der Waals surface area contributed by atoms with E-state index in [-0.39, 0.29) is 45.6 Å². The second kappa shape index (κ2) is 15.9. The average molecular weight is 697 g/mol. The molecule has 4 rings (SSSR count). The minimum Gasteiger partial charge on any atom is -0.438 e. The van der Waals surface area contributed by atoms with Crippen LogP contribution in [0.15, 0.2) is 47.5 Å². The molecule has 1 aliphatic rings. The zero-order valence-electron chi connectivity index (χ0n) is 26.3. The number of sulfone groups is 1. The van der Waals surface area contributed by atoms with Crippen LogP contribution >= 0.6 is 24.0 Å². The van der Waals surface area contributed by atoms with Gasteiger partial charge < -0.3 is 20.7 Å². The monoisotopic (exact) mass is 695 g/mol. The van der Waals surface area contributed by atoms with Crippen LogP contribution in [0.2, 0.25) is 5.02 Å². The Balaban J connectivity index is 0.00000576. The molecule has 1 fully saturated rings. The Kier molecular flexibility index (Phi) is 12.8. The molecule has 10 nitrogen and oxygen atoms in total. The van der Waals surface area contributed by atoms with Gasteiger partial charge in [0.05, 0.1) is 21.2 Å². The number of carbonyl (C=O) groups is 2. The number of halogens is 3. The molecule has 2 aromatic carbocycles. The fraction of sp³-hybridized carbons (Fsp3) is 0.406. The maximum absolute atomic E-state index is 14.1. The number of carbonyl (C=O) groups excluding carboxylic acids is 2. The summed E-state index contributed by atoms with van der Waals surface area (Å²) in [6, 6.07) is 8.73. The quantitative estimate of drug-likeness (QED) is 0.234. The smallest absolute Gasteiger partial charge is 0.322 e. The highest BCUT2D eigenvalue weighted by Gasteiger charge is 2.28. The molecule has 0 atom stereocenters. The van der Waals surface area contributed by atoms with Gasteiger partial charge in [0.15, 0.2) is 9.84 Å². The summed E-state index contributed by atoms with van der Waals surface area (Å²) in [6.45, 7) is 8.44. The van der Waals surface area contributed by atoms with Gasteiger partial charge in [0.2, 0.25) is 5.88 Å². The number of benzene rings is 2. The van der Waals surface area contributed by atoms with Crippen LogP contribution in [0.4, 0.5) is 14.9 Å². The van der Waals surface area contributed by atoms with Crippen LogP contribution in [0.1, 0.15) is 59.7 Å². The predicted molar refractivity (Wildman–Crippen MR) is 179 cm³/mol. The lowest BCUT2D eigenvalue weighted by molar-refractivity contribution is 0.0996. The molecule has 1 aliphatic heterocycles. The van der Waals surface area contributed by atoms with Gasteiger partial charge in [-0.15, -0.1) is 12.4 Å². The molecule has 2 heterocycles. The molecule has 1 aromatic heterocycles. The molecule has 0 unspecified atom stereocenters. The van der Waals surface area contributed by atoms with Crippen molar-refractivity contribution in [3.8, 4) is 11.6 Å². The normalized spacial score (nSPS) is 14.0. The van der Waals surface area contributed by atoms with Crippen molar-refractivity contribution in [1.82, 2.24) is 14.8 Å². The number of urea groups is 1. The summed E-state index contributed by atoms with van der Waals surface area (Å²) in [5.41, 5.74) is 7.49. The van der Waals surface area contributed by atoms with E-state index >= 15 is 0 Å². The van der Waals surface area contributed by atoms with Gasteiger partial charge in [-0.05, 0) is 74.1 Å². The third-order valence-electron chi connectivity index (χ3n) is 7.85.